The van der Waals surface area contributed by atoms with E-state index in [1.807, 2.05) is 44.2 Å². The van der Waals surface area contributed by atoms with Crippen LogP contribution in [0.5, 0.6) is 0 Å². The van der Waals surface area contributed by atoms with E-state index in [1.165, 1.54) is 0 Å². The number of hydrogen-bond acceptors (Lipinski definition) is 3. The molecule has 102 valence electrons. The third kappa shape index (κ3) is 4.09. The van der Waals surface area contributed by atoms with Crippen LogP contribution in [0.15, 0.2) is 30.3 Å². The molecule has 0 saturated carbocycles. The number of benzene rings is 1. The van der Waals surface area contributed by atoms with Crippen LogP contribution >= 0.6 is 0 Å². The zero-order valence-corrected chi connectivity index (χ0v) is 11.7. The number of aliphatic hydroxyl groups excluding tert-OH is 2. The molecular weight excluding hydrogens is 226 g/mol. The van der Waals surface area contributed by atoms with E-state index in [0.717, 1.165) is 5.56 Å². The summed E-state index contributed by atoms with van der Waals surface area (Å²) >= 11 is 0. The smallest absolute Gasteiger partial charge is 0.0945 e. The van der Waals surface area contributed by atoms with Gasteiger partial charge in [0.15, 0.2) is 0 Å². The molecule has 3 nitrogen and oxygen atoms in total. The molecule has 1 rings (SSSR count). The maximum absolute atomic E-state index is 10.5. The predicted molar refractivity (Wildman–Crippen MR) is 74.3 cm³/mol. The Kier molecular flexibility index (Phi) is 5.32. The third-order valence-corrected chi connectivity index (χ3v) is 3.15. The first-order valence-electron chi connectivity index (χ1n) is 6.49. The summed E-state index contributed by atoms with van der Waals surface area (Å²) in [7, 11) is 0. The molecule has 0 aliphatic heterocycles. The zero-order chi connectivity index (χ0) is 13.8. The summed E-state index contributed by atoms with van der Waals surface area (Å²) in [6, 6.07) is 9.54. The molecule has 0 bridgehead atoms. The number of hydrogen-bond donors (Lipinski definition) is 3. The van der Waals surface area contributed by atoms with E-state index in [1.54, 1.807) is 0 Å². The second-order valence-electron chi connectivity index (χ2n) is 5.81. The van der Waals surface area contributed by atoms with Crippen LogP contribution in [-0.2, 0) is 0 Å². The average molecular weight is 251 g/mol. The van der Waals surface area contributed by atoms with Crippen LogP contribution < -0.4 is 5.32 Å². The number of nitrogens with one attached hydrogen (secondary N) is 1. The summed E-state index contributed by atoms with van der Waals surface area (Å²) in [5.41, 5.74) is 0.502. The highest BCUT2D eigenvalue weighted by atomic mass is 16.3. The van der Waals surface area contributed by atoms with Crippen molar-refractivity contribution in [3.8, 4) is 0 Å². The fourth-order valence-electron chi connectivity index (χ4n) is 1.96. The van der Waals surface area contributed by atoms with Crippen LogP contribution in [0.3, 0.4) is 0 Å². The van der Waals surface area contributed by atoms with Gasteiger partial charge in [-0.2, -0.15) is 0 Å². The summed E-state index contributed by atoms with van der Waals surface area (Å²) in [5.74, 6) is 0.269. The average Bonchev–Trinajstić information content (AvgIpc) is 2.36. The fourth-order valence-corrected chi connectivity index (χ4v) is 1.96. The Bertz CT molecular complexity index is 349. The van der Waals surface area contributed by atoms with Crippen molar-refractivity contribution >= 4 is 0 Å². The minimum absolute atomic E-state index is 0.0394. The summed E-state index contributed by atoms with van der Waals surface area (Å²) in [6.07, 6.45) is -0.572. The normalized spacial score (nSPS) is 15.7. The number of rotatable bonds is 6. The van der Waals surface area contributed by atoms with E-state index in [0.29, 0.717) is 0 Å². The summed E-state index contributed by atoms with van der Waals surface area (Å²) in [5, 5.41) is 23.1. The Labute approximate surface area is 110 Å². The molecule has 0 amide bonds. The van der Waals surface area contributed by atoms with Crippen molar-refractivity contribution in [2.75, 3.05) is 6.61 Å². The Hall–Kier alpha value is -0.900. The molecule has 0 aliphatic rings. The highest BCUT2D eigenvalue weighted by Gasteiger charge is 2.29. The molecule has 0 spiro atoms. The van der Waals surface area contributed by atoms with Crippen LogP contribution in [-0.4, -0.2) is 28.4 Å². The molecule has 2 unspecified atom stereocenters. The standard InChI is InChI=1S/C15H25NO2/c1-11(2)13(16-15(3,4)10-17)14(18)12-8-6-5-7-9-12/h5-9,11,13-14,16-18H,10H2,1-4H3. The highest BCUT2D eigenvalue weighted by molar-refractivity contribution is 5.19. The molecule has 0 saturated heterocycles. The molecule has 0 aromatic heterocycles. The van der Waals surface area contributed by atoms with Gasteiger partial charge in [0.2, 0.25) is 0 Å². The molecule has 3 heteroatoms. The Balaban J connectivity index is 2.86. The molecule has 0 aliphatic carbocycles. The highest BCUT2D eigenvalue weighted by Crippen LogP contribution is 2.23. The molecular formula is C15H25NO2. The second-order valence-corrected chi connectivity index (χ2v) is 5.81. The minimum atomic E-state index is -0.572. The van der Waals surface area contributed by atoms with Gasteiger partial charge in [-0.25, -0.2) is 0 Å². The lowest BCUT2D eigenvalue weighted by Gasteiger charge is -2.35. The Morgan fingerprint density at radius 1 is 1.17 bits per heavy atom. The van der Waals surface area contributed by atoms with E-state index in [4.69, 9.17) is 0 Å². The van der Waals surface area contributed by atoms with Crippen molar-refractivity contribution in [3.05, 3.63) is 35.9 Å². The lowest BCUT2D eigenvalue weighted by Crippen LogP contribution is -2.52. The van der Waals surface area contributed by atoms with E-state index < -0.39 is 11.6 Å². The lowest BCUT2D eigenvalue weighted by molar-refractivity contribution is 0.0712. The van der Waals surface area contributed by atoms with Gasteiger partial charge in [-0.3, -0.25) is 0 Å². The molecule has 0 fully saturated rings. The largest absolute Gasteiger partial charge is 0.394 e. The maximum Gasteiger partial charge on any atom is 0.0945 e. The van der Waals surface area contributed by atoms with Crippen molar-refractivity contribution in [1.82, 2.24) is 5.32 Å². The first-order valence-corrected chi connectivity index (χ1v) is 6.49. The van der Waals surface area contributed by atoms with Crippen LogP contribution in [0.2, 0.25) is 0 Å². The van der Waals surface area contributed by atoms with Gasteiger partial charge in [-0.15, -0.1) is 0 Å². The van der Waals surface area contributed by atoms with Gasteiger partial charge in [0.05, 0.1) is 12.7 Å². The van der Waals surface area contributed by atoms with Crippen LogP contribution in [0.1, 0.15) is 39.4 Å². The van der Waals surface area contributed by atoms with Crippen molar-refractivity contribution in [2.24, 2.45) is 5.92 Å². The SMILES string of the molecule is CC(C)C(NC(C)(C)CO)C(O)c1ccccc1. The van der Waals surface area contributed by atoms with Crippen molar-refractivity contribution in [3.63, 3.8) is 0 Å². The quantitative estimate of drug-likeness (QED) is 0.726. The summed E-state index contributed by atoms with van der Waals surface area (Å²) in [4.78, 5) is 0. The van der Waals surface area contributed by atoms with E-state index in [2.05, 4.69) is 19.2 Å². The maximum atomic E-state index is 10.5. The third-order valence-electron chi connectivity index (χ3n) is 3.15. The molecule has 18 heavy (non-hydrogen) atoms. The molecule has 1 aromatic rings. The predicted octanol–water partition coefficient (Wildman–Crippen LogP) is 2.11. The van der Waals surface area contributed by atoms with E-state index >= 15 is 0 Å². The van der Waals surface area contributed by atoms with Crippen molar-refractivity contribution in [1.29, 1.82) is 0 Å². The zero-order valence-electron chi connectivity index (χ0n) is 11.7. The van der Waals surface area contributed by atoms with E-state index in [-0.39, 0.29) is 18.6 Å². The first-order chi connectivity index (χ1) is 8.37. The minimum Gasteiger partial charge on any atom is -0.394 e. The van der Waals surface area contributed by atoms with Gasteiger partial charge >= 0.3 is 0 Å². The second kappa shape index (κ2) is 6.32. The first kappa shape index (κ1) is 15.2. The van der Waals surface area contributed by atoms with Crippen molar-refractivity contribution < 1.29 is 10.2 Å². The van der Waals surface area contributed by atoms with E-state index in [9.17, 15) is 10.2 Å². The molecule has 0 radical (unpaired) electrons. The van der Waals surface area contributed by atoms with Crippen LogP contribution in [0.25, 0.3) is 0 Å². The molecule has 2 atom stereocenters. The summed E-state index contributed by atoms with van der Waals surface area (Å²) in [6.45, 7) is 8.03. The Morgan fingerprint density at radius 2 is 1.72 bits per heavy atom. The van der Waals surface area contributed by atoms with Gasteiger partial charge in [-0.05, 0) is 25.3 Å². The van der Waals surface area contributed by atoms with Crippen LogP contribution in [0, 0.1) is 5.92 Å². The molecule has 0 heterocycles. The van der Waals surface area contributed by atoms with Gasteiger partial charge in [0.1, 0.15) is 0 Å². The molecule has 1 aromatic carbocycles. The fraction of sp³-hybridized carbons (Fsp3) is 0.600. The monoisotopic (exact) mass is 251 g/mol. The molecule has 3 N–H and O–H groups in total. The van der Waals surface area contributed by atoms with Crippen molar-refractivity contribution in [2.45, 2.75) is 45.4 Å². The number of aliphatic hydroxyl groups is 2. The topological polar surface area (TPSA) is 52.5 Å². The van der Waals surface area contributed by atoms with Gasteiger partial charge in [0.25, 0.3) is 0 Å². The lowest BCUT2D eigenvalue weighted by atomic mass is 9.91. The van der Waals surface area contributed by atoms with Gasteiger partial charge in [-0.1, -0.05) is 44.2 Å². The Morgan fingerprint density at radius 3 is 2.17 bits per heavy atom. The van der Waals surface area contributed by atoms with Crippen LogP contribution in [0.4, 0.5) is 0 Å². The van der Waals surface area contributed by atoms with Gasteiger partial charge in [0, 0.05) is 11.6 Å². The van der Waals surface area contributed by atoms with Gasteiger partial charge < -0.3 is 15.5 Å². The summed E-state index contributed by atoms with van der Waals surface area (Å²) < 4.78 is 0.